The van der Waals surface area contributed by atoms with Gasteiger partial charge in [-0.2, -0.15) is 0 Å². The molecule has 116 valence electrons. The predicted octanol–water partition coefficient (Wildman–Crippen LogP) is 2.65. The smallest absolute Gasteiger partial charge is 0.224 e. The summed E-state index contributed by atoms with van der Waals surface area (Å²) >= 11 is 0. The zero-order chi connectivity index (χ0) is 15.1. The summed E-state index contributed by atoms with van der Waals surface area (Å²) in [6.45, 7) is 5.03. The molecule has 1 fully saturated rings. The molecule has 4 nitrogen and oxygen atoms in total. The molecule has 0 bridgehead atoms. The second-order valence-electron chi connectivity index (χ2n) is 5.69. The molecule has 1 aromatic carbocycles. The molecule has 2 rings (SSSR count). The van der Waals surface area contributed by atoms with Crippen LogP contribution in [0.15, 0.2) is 24.3 Å². The summed E-state index contributed by atoms with van der Waals surface area (Å²) in [5, 5.41) is 0. The van der Waals surface area contributed by atoms with Crippen LogP contribution < -0.4 is 4.74 Å². The van der Waals surface area contributed by atoms with Gasteiger partial charge in [-0.15, -0.1) is 0 Å². The van der Waals surface area contributed by atoms with E-state index in [1.54, 1.807) is 7.11 Å². The Bertz CT molecular complexity index is 444. The third-order valence-electron chi connectivity index (χ3n) is 3.97. The number of hydrogen-bond donors (Lipinski definition) is 0. The van der Waals surface area contributed by atoms with Crippen molar-refractivity contribution in [2.45, 2.75) is 26.2 Å². The fraction of sp³-hybridized carbons (Fsp3) is 0.588. The number of carbonyl (C=O) groups excluding carboxylic acids is 1. The SMILES string of the molecule is COCCC(=O)N1CCC(CCOc2ccc(C)cc2)C1. The Kier molecular flexibility index (Phi) is 6.05. The number of hydrogen-bond acceptors (Lipinski definition) is 3. The number of ether oxygens (including phenoxy) is 2. The maximum atomic E-state index is 11.9. The van der Waals surface area contributed by atoms with Crippen LogP contribution in [0.4, 0.5) is 0 Å². The summed E-state index contributed by atoms with van der Waals surface area (Å²) in [4.78, 5) is 13.8. The number of methoxy groups -OCH3 is 1. The van der Waals surface area contributed by atoms with E-state index < -0.39 is 0 Å². The van der Waals surface area contributed by atoms with Crippen LogP contribution in [0.1, 0.15) is 24.8 Å². The molecule has 0 spiro atoms. The monoisotopic (exact) mass is 291 g/mol. The molecule has 1 amide bonds. The van der Waals surface area contributed by atoms with Gasteiger partial charge in [0.25, 0.3) is 0 Å². The van der Waals surface area contributed by atoms with E-state index in [0.29, 0.717) is 25.6 Å². The van der Waals surface area contributed by atoms with Crippen LogP contribution in [0.2, 0.25) is 0 Å². The van der Waals surface area contributed by atoms with Crippen molar-refractivity contribution in [2.24, 2.45) is 5.92 Å². The van der Waals surface area contributed by atoms with Gasteiger partial charge in [0, 0.05) is 20.2 Å². The molecule has 1 heterocycles. The molecule has 1 unspecified atom stereocenters. The summed E-state index contributed by atoms with van der Waals surface area (Å²) in [7, 11) is 1.63. The number of likely N-dealkylation sites (tertiary alicyclic amines) is 1. The highest BCUT2D eigenvalue weighted by Gasteiger charge is 2.25. The van der Waals surface area contributed by atoms with Gasteiger partial charge < -0.3 is 14.4 Å². The third-order valence-corrected chi connectivity index (χ3v) is 3.97. The van der Waals surface area contributed by atoms with Crippen LogP contribution in [-0.2, 0) is 9.53 Å². The number of amides is 1. The second kappa shape index (κ2) is 8.03. The van der Waals surface area contributed by atoms with Crippen molar-refractivity contribution in [1.82, 2.24) is 4.90 Å². The fourth-order valence-electron chi connectivity index (χ4n) is 2.62. The first-order chi connectivity index (χ1) is 10.2. The maximum absolute atomic E-state index is 11.9. The summed E-state index contributed by atoms with van der Waals surface area (Å²) in [5.41, 5.74) is 1.24. The Morgan fingerprint density at radius 1 is 1.29 bits per heavy atom. The first kappa shape index (κ1) is 15.8. The number of benzene rings is 1. The summed E-state index contributed by atoms with van der Waals surface area (Å²) in [5.74, 6) is 1.69. The van der Waals surface area contributed by atoms with Gasteiger partial charge in [-0.3, -0.25) is 4.79 Å². The highest BCUT2D eigenvalue weighted by Crippen LogP contribution is 2.21. The van der Waals surface area contributed by atoms with Crippen molar-refractivity contribution >= 4 is 5.91 Å². The molecular formula is C17H25NO3. The molecule has 0 N–H and O–H groups in total. The quantitative estimate of drug-likeness (QED) is 0.775. The Balaban J connectivity index is 1.66. The van der Waals surface area contributed by atoms with Crippen LogP contribution in [-0.4, -0.2) is 44.2 Å². The van der Waals surface area contributed by atoms with E-state index in [4.69, 9.17) is 9.47 Å². The highest BCUT2D eigenvalue weighted by molar-refractivity contribution is 5.76. The van der Waals surface area contributed by atoms with Crippen molar-refractivity contribution in [2.75, 3.05) is 33.4 Å². The van der Waals surface area contributed by atoms with Crippen LogP contribution in [0.3, 0.4) is 0 Å². The minimum absolute atomic E-state index is 0.207. The van der Waals surface area contributed by atoms with E-state index in [-0.39, 0.29) is 5.91 Å². The maximum Gasteiger partial charge on any atom is 0.224 e. The molecule has 4 heteroatoms. The zero-order valence-corrected chi connectivity index (χ0v) is 13.0. The Morgan fingerprint density at radius 3 is 2.76 bits per heavy atom. The van der Waals surface area contributed by atoms with Gasteiger partial charge in [0.1, 0.15) is 5.75 Å². The molecule has 1 aromatic rings. The molecule has 0 aliphatic carbocycles. The molecule has 0 aromatic heterocycles. The van der Waals surface area contributed by atoms with Gasteiger partial charge in [-0.25, -0.2) is 0 Å². The molecular weight excluding hydrogens is 266 g/mol. The minimum Gasteiger partial charge on any atom is -0.494 e. The van der Waals surface area contributed by atoms with Gasteiger partial charge >= 0.3 is 0 Å². The molecule has 1 aliphatic heterocycles. The Labute approximate surface area is 127 Å². The Hall–Kier alpha value is -1.55. The molecule has 0 radical (unpaired) electrons. The van der Waals surface area contributed by atoms with Crippen molar-refractivity contribution in [3.05, 3.63) is 29.8 Å². The number of aryl methyl sites for hydroxylation is 1. The van der Waals surface area contributed by atoms with Gasteiger partial charge in [0.05, 0.1) is 19.6 Å². The van der Waals surface area contributed by atoms with E-state index in [9.17, 15) is 4.79 Å². The van der Waals surface area contributed by atoms with Gasteiger partial charge in [0.15, 0.2) is 0 Å². The van der Waals surface area contributed by atoms with E-state index in [2.05, 4.69) is 19.1 Å². The topological polar surface area (TPSA) is 38.8 Å². The molecule has 21 heavy (non-hydrogen) atoms. The van der Waals surface area contributed by atoms with Gasteiger partial charge in [-0.05, 0) is 37.8 Å². The number of rotatable bonds is 7. The number of nitrogens with zero attached hydrogens (tertiary/aromatic N) is 1. The zero-order valence-electron chi connectivity index (χ0n) is 13.0. The molecule has 1 atom stereocenters. The minimum atomic E-state index is 0.207. The van der Waals surface area contributed by atoms with E-state index in [0.717, 1.165) is 31.7 Å². The van der Waals surface area contributed by atoms with Gasteiger partial charge in [0.2, 0.25) is 5.91 Å². The Morgan fingerprint density at radius 2 is 2.05 bits per heavy atom. The van der Waals surface area contributed by atoms with E-state index >= 15 is 0 Å². The predicted molar refractivity (Wildman–Crippen MR) is 82.5 cm³/mol. The lowest BCUT2D eigenvalue weighted by Gasteiger charge is -2.16. The van der Waals surface area contributed by atoms with Crippen LogP contribution in [0, 0.1) is 12.8 Å². The number of carbonyl (C=O) groups is 1. The van der Waals surface area contributed by atoms with Crippen molar-refractivity contribution in [3.63, 3.8) is 0 Å². The lowest BCUT2D eigenvalue weighted by atomic mass is 10.1. The lowest BCUT2D eigenvalue weighted by molar-refractivity contribution is -0.131. The van der Waals surface area contributed by atoms with Crippen molar-refractivity contribution in [1.29, 1.82) is 0 Å². The molecule has 1 aliphatic rings. The lowest BCUT2D eigenvalue weighted by Crippen LogP contribution is -2.29. The van der Waals surface area contributed by atoms with Crippen LogP contribution in [0.5, 0.6) is 5.75 Å². The second-order valence-corrected chi connectivity index (χ2v) is 5.69. The average Bonchev–Trinajstić information content (AvgIpc) is 2.96. The first-order valence-corrected chi connectivity index (χ1v) is 7.65. The van der Waals surface area contributed by atoms with E-state index in [1.807, 2.05) is 17.0 Å². The molecule has 1 saturated heterocycles. The van der Waals surface area contributed by atoms with E-state index in [1.165, 1.54) is 5.56 Å². The fourth-order valence-corrected chi connectivity index (χ4v) is 2.62. The molecule has 0 saturated carbocycles. The summed E-state index contributed by atoms with van der Waals surface area (Å²) in [6.07, 6.45) is 2.57. The van der Waals surface area contributed by atoms with Crippen molar-refractivity contribution < 1.29 is 14.3 Å². The highest BCUT2D eigenvalue weighted by atomic mass is 16.5. The summed E-state index contributed by atoms with van der Waals surface area (Å²) < 4.78 is 10.7. The third kappa shape index (κ3) is 5.05. The standard InChI is InChI=1S/C17H25NO3/c1-14-3-5-16(6-4-14)21-12-8-15-7-10-18(13-15)17(19)9-11-20-2/h3-6,15H,7-13H2,1-2H3. The normalized spacial score (nSPS) is 18.0. The van der Waals surface area contributed by atoms with Crippen LogP contribution >= 0.6 is 0 Å². The van der Waals surface area contributed by atoms with Crippen LogP contribution in [0.25, 0.3) is 0 Å². The van der Waals surface area contributed by atoms with Gasteiger partial charge in [-0.1, -0.05) is 17.7 Å². The largest absolute Gasteiger partial charge is 0.494 e. The first-order valence-electron chi connectivity index (χ1n) is 7.65. The van der Waals surface area contributed by atoms with Crippen molar-refractivity contribution in [3.8, 4) is 5.75 Å². The summed E-state index contributed by atoms with van der Waals surface area (Å²) in [6, 6.07) is 8.12. The average molecular weight is 291 g/mol.